The second kappa shape index (κ2) is 8.22. The summed E-state index contributed by atoms with van der Waals surface area (Å²) in [5.74, 6) is -0.180. The molecule has 0 bridgehead atoms. The maximum absolute atomic E-state index is 11.7. The highest BCUT2D eigenvalue weighted by molar-refractivity contribution is 5.74. The van der Waals surface area contributed by atoms with E-state index in [-0.39, 0.29) is 18.0 Å². The second-order valence-corrected chi connectivity index (χ2v) is 6.16. The van der Waals surface area contributed by atoms with Crippen LogP contribution in [-0.2, 0) is 9.53 Å². The molecule has 6 nitrogen and oxygen atoms in total. The Kier molecular flexibility index (Phi) is 6.29. The molecule has 2 aliphatic carbocycles. The molecule has 3 N–H and O–H groups in total. The number of carboxylic acid groups (broad SMARTS) is 1. The van der Waals surface area contributed by atoms with Crippen LogP contribution in [0.3, 0.4) is 0 Å². The second-order valence-electron chi connectivity index (χ2n) is 6.16. The fraction of sp³-hybridized carbons (Fsp3) is 0.867. The zero-order valence-electron chi connectivity index (χ0n) is 12.5. The third kappa shape index (κ3) is 6.33. The average Bonchev–Trinajstić information content (AvgIpc) is 3.27. The van der Waals surface area contributed by atoms with Gasteiger partial charge in [-0.05, 0) is 50.9 Å². The molecule has 0 aromatic carbocycles. The summed E-state index contributed by atoms with van der Waals surface area (Å²) < 4.78 is 5.50. The molecule has 21 heavy (non-hydrogen) atoms. The highest BCUT2D eigenvalue weighted by atomic mass is 16.5. The topological polar surface area (TPSA) is 87.7 Å². The summed E-state index contributed by atoms with van der Waals surface area (Å²) in [6.45, 7) is 2.17. The molecule has 0 unspecified atom stereocenters. The van der Waals surface area contributed by atoms with Gasteiger partial charge < -0.3 is 20.5 Å². The summed E-state index contributed by atoms with van der Waals surface area (Å²) >= 11 is 0. The van der Waals surface area contributed by atoms with E-state index in [1.165, 1.54) is 12.8 Å². The molecule has 0 aromatic rings. The van der Waals surface area contributed by atoms with Crippen molar-refractivity contribution < 1.29 is 19.4 Å². The number of carboxylic acids is 1. The molecular formula is C15H26N2O4. The molecule has 0 spiro atoms. The van der Waals surface area contributed by atoms with Crippen LogP contribution in [0.5, 0.6) is 0 Å². The van der Waals surface area contributed by atoms with Gasteiger partial charge in [0, 0.05) is 25.8 Å². The van der Waals surface area contributed by atoms with Gasteiger partial charge in [-0.3, -0.25) is 4.79 Å². The van der Waals surface area contributed by atoms with Crippen molar-refractivity contribution in [2.75, 3.05) is 19.8 Å². The number of amides is 2. The molecule has 0 aromatic heterocycles. The number of aliphatic carboxylic acids is 1. The largest absolute Gasteiger partial charge is 0.481 e. The van der Waals surface area contributed by atoms with Crippen molar-refractivity contribution >= 4 is 12.0 Å². The minimum absolute atomic E-state index is 0.103. The minimum Gasteiger partial charge on any atom is -0.481 e. The summed E-state index contributed by atoms with van der Waals surface area (Å²) in [7, 11) is 0. The Balaban J connectivity index is 1.46. The lowest BCUT2D eigenvalue weighted by atomic mass is 9.86. The van der Waals surface area contributed by atoms with Crippen molar-refractivity contribution in [2.24, 2.45) is 11.8 Å². The number of carbonyl (C=O) groups excluding carboxylic acids is 1. The molecule has 2 rings (SSSR count). The summed E-state index contributed by atoms with van der Waals surface area (Å²) in [6.07, 6.45) is 6.20. The van der Waals surface area contributed by atoms with Gasteiger partial charge in [-0.2, -0.15) is 0 Å². The van der Waals surface area contributed by atoms with Crippen LogP contribution in [0.2, 0.25) is 0 Å². The zero-order chi connectivity index (χ0) is 15.1. The molecule has 0 aliphatic heterocycles. The molecular weight excluding hydrogens is 272 g/mol. The molecule has 2 amide bonds. The Hall–Kier alpha value is -1.30. The molecule has 2 fully saturated rings. The van der Waals surface area contributed by atoms with Crippen LogP contribution < -0.4 is 10.6 Å². The van der Waals surface area contributed by atoms with Crippen molar-refractivity contribution in [3.05, 3.63) is 0 Å². The summed E-state index contributed by atoms with van der Waals surface area (Å²) in [4.78, 5) is 22.5. The Morgan fingerprint density at radius 2 is 1.81 bits per heavy atom. The predicted molar refractivity (Wildman–Crippen MR) is 78.1 cm³/mol. The minimum atomic E-state index is -0.718. The molecule has 0 atom stereocenters. The van der Waals surface area contributed by atoms with Gasteiger partial charge in [0.25, 0.3) is 0 Å². The van der Waals surface area contributed by atoms with Crippen LogP contribution in [0.15, 0.2) is 0 Å². The predicted octanol–water partition coefficient (Wildman–Crippen LogP) is 1.75. The van der Waals surface area contributed by atoms with E-state index in [2.05, 4.69) is 10.6 Å². The van der Waals surface area contributed by atoms with Crippen molar-refractivity contribution in [2.45, 2.75) is 51.0 Å². The van der Waals surface area contributed by atoms with E-state index in [1.54, 1.807) is 0 Å². The Labute approximate surface area is 125 Å². The van der Waals surface area contributed by atoms with E-state index < -0.39 is 5.97 Å². The van der Waals surface area contributed by atoms with E-state index in [9.17, 15) is 9.59 Å². The third-order valence-corrected chi connectivity index (χ3v) is 4.21. The van der Waals surface area contributed by atoms with Crippen molar-refractivity contribution in [3.8, 4) is 0 Å². The molecule has 6 heteroatoms. The zero-order valence-corrected chi connectivity index (χ0v) is 12.5. The first-order valence-corrected chi connectivity index (χ1v) is 8.00. The molecule has 0 heterocycles. The van der Waals surface area contributed by atoms with Crippen molar-refractivity contribution in [1.29, 1.82) is 0 Å². The average molecular weight is 298 g/mol. The first kappa shape index (κ1) is 16.1. The first-order valence-electron chi connectivity index (χ1n) is 8.00. The smallest absolute Gasteiger partial charge is 0.315 e. The van der Waals surface area contributed by atoms with Gasteiger partial charge in [0.2, 0.25) is 0 Å². The number of urea groups is 1. The van der Waals surface area contributed by atoms with Gasteiger partial charge in [0.1, 0.15) is 0 Å². The van der Waals surface area contributed by atoms with Gasteiger partial charge in [0.15, 0.2) is 0 Å². The lowest BCUT2D eigenvalue weighted by Crippen LogP contribution is -2.44. The van der Waals surface area contributed by atoms with Gasteiger partial charge >= 0.3 is 12.0 Å². The van der Waals surface area contributed by atoms with Crippen molar-refractivity contribution in [3.63, 3.8) is 0 Å². The van der Waals surface area contributed by atoms with Gasteiger partial charge in [-0.25, -0.2) is 4.79 Å². The number of hydrogen-bond donors (Lipinski definition) is 3. The fourth-order valence-corrected chi connectivity index (χ4v) is 2.63. The van der Waals surface area contributed by atoms with E-state index in [4.69, 9.17) is 9.84 Å². The van der Waals surface area contributed by atoms with Gasteiger partial charge in [-0.1, -0.05) is 0 Å². The molecule has 2 saturated carbocycles. The molecule has 2 aliphatic rings. The van der Waals surface area contributed by atoms with Gasteiger partial charge in [0.05, 0.1) is 5.92 Å². The number of hydrogen-bond acceptors (Lipinski definition) is 3. The highest BCUT2D eigenvalue weighted by Crippen LogP contribution is 2.28. The molecule has 120 valence electrons. The fourth-order valence-electron chi connectivity index (χ4n) is 2.63. The summed E-state index contributed by atoms with van der Waals surface area (Å²) in [5, 5.41) is 14.7. The number of nitrogens with one attached hydrogen (secondary N) is 2. The van der Waals surface area contributed by atoms with E-state index in [0.29, 0.717) is 26.0 Å². The lowest BCUT2D eigenvalue weighted by Gasteiger charge is -2.26. The lowest BCUT2D eigenvalue weighted by molar-refractivity contribution is -0.142. The number of carbonyl (C=O) groups is 2. The summed E-state index contributed by atoms with van der Waals surface area (Å²) in [5.41, 5.74) is 0. The first-order chi connectivity index (χ1) is 10.1. The Morgan fingerprint density at radius 1 is 1.10 bits per heavy atom. The van der Waals surface area contributed by atoms with E-state index in [1.807, 2.05) is 0 Å². The Bertz CT molecular complexity index is 350. The van der Waals surface area contributed by atoms with Crippen LogP contribution in [0.4, 0.5) is 4.79 Å². The van der Waals surface area contributed by atoms with E-state index in [0.717, 1.165) is 31.8 Å². The maximum atomic E-state index is 11.7. The monoisotopic (exact) mass is 298 g/mol. The Morgan fingerprint density at radius 3 is 2.43 bits per heavy atom. The highest BCUT2D eigenvalue weighted by Gasteiger charge is 2.26. The number of ether oxygens (including phenoxy) is 1. The third-order valence-electron chi connectivity index (χ3n) is 4.21. The summed E-state index contributed by atoms with van der Waals surface area (Å²) in [6, 6.07) is -0.0531. The normalized spacial score (nSPS) is 25.3. The number of rotatable bonds is 8. The van der Waals surface area contributed by atoms with Crippen LogP contribution in [-0.4, -0.2) is 42.9 Å². The SMILES string of the molecule is O=C(NCCCOCC1CC1)NC1CCC(C(=O)O)CC1. The molecule has 0 radical (unpaired) electrons. The molecule has 0 saturated heterocycles. The van der Waals surface area contributed by atoms with E-state index >= 15 is 0 Å². The van der Waals surface area contributed by atoms with Crippen LogP contribution in [0.25, 0.3) is 0 Å². The standard InChI is InChI=1S/C15H26N2O4/c18-14(19)12-4-6-13(7-5-12)17-15(20)16-8-1-9-21-10-11-2-3-11/h11-13H,1-10H2,(H,18,19)(H2,16,17,20). The van der Waals surface area contributed by atoms with Crippen LogP contribution in [0.1, 0.15) is 44.9 Å². The van der Waals surface area contributed by atoms with Gasteiger partial charge in [-0.15, -0.1) is 0 Å². The quantitative estimate of drug-likeness (QED) is 0.596. The van der Waals surface area contributed by atoms with Crippen molar-refractivity contribution in [1.82, 2.24) is 10.6 Å². The van der Waals surface area contributed by atoms with Crippen LogP contribution >= 0.6 is 0 Å². The van der Waals surface area contributed by atoms with Crippen LogP contribution in [0, 0.1) is 11.8 Å². The maximum Gasteiger partial charge on any atom is 0.315 e.